The van der Waals surface area contributed by atoms with Gasteiger partial charge in [0, 0.05) is 0 Å². The molecule has 2 rings (SSSR count). The maximum absolute atomic E-state index is 10.8. The molecule has 0 fully saturated rings. The van der Waals surface area contributed by atoms with Crippen LogP contribution >= 0.6 is 27.5 Å². The van der Waals surface area contributed by atoms with E-state index in [-0.39, 0.29) is 12.4 Å². The van der Waals surface area contributed by atoms with Crippen LogP contribution in [0.25, 0.3) is 0 Å². The summed E-state index contributed by atoms with van der Waals surface area (Å²) < 4.78 is 11.6. The minimum atomic E-state index is -0.614. The number of carbonyl (C=O) groups is 1. The van der Waals surface area contributed by atoms with Gasteiger partial charge in [0.1, 0.15) is 18.1 Å². The molecule has 1 aromatic heterocycles. The van der Waals surface area contributed by atoms with E-state index in [0.29, 0.717) is 11.5 Å². The second-order valence-electron chi connectivity index (χ2n) is 3.26. The molecule has 0 saturated carbocycles. The molecule has 0 saturated heterocycles. The highest BCUT2D eigenvalue weighted by Gasteiger charge is 2.08. The van der Waals surface area contributed by atoms with Gasteiger partial charge < -0.3 is 9.15 Å². The van der Waals surface area contributed by atoms with Gasteiger partial charge in [0.25, 0.3) is 5.24 Å². The van der Waals surface area contributed by atoms with Crippen molar-refractivity contribution in [2.75, 3.05) is 0 Å². The van der Waals surface area contributed by atoms with E-state index in [1.54, 1.807) is 6.07 Å². The molecular weight excluding hydrogens is 307 g/mol. The molecule has 17 heavy (non-hydrogen) atoms. The molecule has 0 bridgehead atoms. The third-order valence-corrected chi connectivity index (χ3v) is 2.90. The molecule has 0 amide bonds. The van der Waals surface area contributed by atoms with E-state index < -0.39 is 5.24 Å². The Morgan fingerprint density at radius 3 is 2.71 bits per heavy atom. The van der Waals surface area contributed by atoms with Gasteiger partial charge in [-0.25, -0.2) is 0 Å². The van der Waals surface area contributed by atoms with Crippen LogP contribution in [-0.4, -0.2) is 5.24 Å². The molecule has 5 heteroatoms. The fraction of sp³-hybridized carbons (Fsp3) is 0.0833. The van der Waals surface area contributed by atoms with Crippen LogP contribution in [0.2, 0.25) is 0 Å². The van der Waals surface area contributed by atoms with Crippen LogP contribution in [0.1, 0.15) is 16.3 Å². The summed E-state index contributed by atoms with van der Waals surface area (Å²) in [5, 5.41) is -0.614. The summed E-state index contributed by atoms with van der Waals surface area (Å²) in [4.78, 5) is 10.8. The molecule has 0 radical (unpaired) electrons. The molecule has 0 aliphatic heterocycles. The van der Waals surface area contributed by atoms with E-state index in [1.807, 2.05) is 24.3 Å². The summed E-state index contributed by atoms with van der Waals surface area (Å²) in [5.41, 5.74) is 0. The molecule has 0 spiro atoms. The van der Waals surface area contributed by atoms with Crippen LogP contribution in [-0.2, 0) is 6.61 Å². The first kappa shape index (κ1) is 12.2. The maximum atomic E-state index is 10.8. The Hall–Kier alpha value is -1.26. The zero-order chi connectivity index (χ0) is 12.3. The molecule has 0 atom stereocenters. The van der Waals surface area contributed by atoms with Crippen LogP contribution in [0.15, 0.2) is 45.3 Å². The number of halogens is 2. The minimum Gasteiger partial charge on any atom is -0.484 e. The maximum Gasteiger partial charge on any atom is 0.287 e. The third-order valence-electron chi connectivity index (χ3n) is 2.06. The van der Waals surface area contributed by atoms with Crippen molar-refractivity contribution in [2.45, 2.75) is 6.61 Å². The van der Waals surface area contributed by atoms with Crippen molar-refractivity contribution in [3.8, 4) is 5.75 Å². The number of carbonyl (C=O) groups excluding carboxylic acids is 1. The Kier molecular flexibility index (Phi) is 3.86. The molecular formula is C12H8BrClO3. The second-order valence-corrected chi connectivity index (χ2v) is 4.46. The highest BCUT2D eigenvalue weighted by Crippen LogP contribution is 2.25. The first-order valence-corrected chi connectivity index (χ1v) is 6.00. The quantitative estimate of drug-likeness (QED) is 0.801. The summed E-state index contributed by atoms with van der Waals surface area (Å²) >= 11 is 8.65. The lowest BCUT2D eigenvalue weighted by atomic mass is 10.3. The lowest BCUT2D eigenvalue weighted by Gasteiger charge is -2.05. The SMILES string of the molecule is O=C(Cl)c1ccc(COc2ccccc2Br)o1. The Balaban J connectivity index is 2.02. The predicted octanol–water partition coefficient (Wildman–Crippen LogP) is 4.00. The van der Waals surface area contributed by atoms with Crippen molar-refractivity contribution >= 4 is 32.8 Å². The van der Waals surface area contributed by atoms with E-state index >= 15 is 0 Å². The normalized spacial score (nSPS) is 10.2. The van der Waals surface area contributed by atoms with Gasteiger partial charge in [-0.1, -0.05) is 12.1 Å². The van der Waals surface area contributed by atoms with Crippen molar-refractivity contribution in [2.24, 2.45) is 0 Å². The van der Waals surface area contributed by atoms with Gasteiger partial charge >= 0.3 is 0 Å². The first-order chi connectivity index (χ1) is 8.16. The van der Waals surface area contributed by atoms with Gasteiger partial charge in [-0.05, 0) is 51.8 Å². The third kappa shape index (κ3) is 3.11. The number of para-hydroxylation sites is 1. The molecule has 3 nitrogen and oxygen atoms in total. The van der Waals surface area contributed by atoms with Crippen LogP contribution in [0, 0.1) is 0 Å². The number of hydrogen-bond donors (Lipinski definition) is 0. The smallest absolute Gasteiger partial charge is 0.287 e. The number of rotatable bonds is 4. The Morgan fingerprint density at radius 1 is 1.29 bits per heavy atom. The van der Waals surface area contributed by atoms with Gasteiger partial charge in [-0.3, -0.25) is 4.79 Å². The molecule has 0 unspecified atom stereocenters. The van der Waals surface area contributed by atoms with Gasteiger partial charge in [0.15, 0.2) is 5.76 Å². The zero-order valence-corrected chi connectivity index (χ0v) is 11.0. The van der Waals surface area contributed by atoms with E-state index in [1.165, 1.54) is 6.07 Å². The first-order valence-electron chi connectivity index (χ1n) is 4.82. The lowest BCUT2D eigenvalue weighted by Crippen LogP contribution is -1.94. The average Bonchev–Trinajstić information content (AvgIpc) is 2.77. The Bertz CT molecular complexity index is 536. The fourth-order valence-electron chi connectivity index (χ4n) is 1.27. The lowest BCUT2D eigenvalue weighted by molar-refractivity contribution is 0.105. The Morgan fingerprint density at radius 2 is 2.06 bits per heavy atom. The van der Waals surface area contributed by atoms with Gasteiger partial charge in [0.05, 0.1) is 4.47 Å². The van der Waals surface area contributed by atoms with Gasteiger partial charge in [-0.15, -0.1) is 0 Å². The Labute approximate surface area is 111 Å². The van der Waals surface area contributed by atoms with Crippen LogP contribution in [0.5, 0.6) is 5.75 Å². The number of furan rings is 1. The van der Waals surface area contributed by atoms with Gasteiger partial charge in [0.2, 0.25) is 0 Å². The monoisotopic (exact) mass is 314 g/mol. The average molecular weight is 316 g/mol. The summed E-state index contributed by atoms with van der Waals surface area (Å²) in [7, 11) is 0. The standard InChI is InChI=1S/C12H8BrClO3/c13-9-3-1-2-4-10(9)16-7-8-5-6-11(17-8)12(14)15/h1-6H,7H2. The van der Waals surface area contributed by atoms with Crippen molar-refractivity contribution in [1.29, 1.82) is 0 Å². The summed E-state index contributed by atoms with van der Waals surface area (Å²) in [6.45, 7) is 0.243. The van der Waals surface area contributed by atoms with E-state index in [2.05, 4.69) is 15.9 Å². The van der Waals surface area contributed by atoms with Crippen molar-refractivity contribution < 1.29 is 13.9 Å². The topological polar surface area (TPSA) is 39.4 Å². The number of benzene rings is 1. The van der Waals surface area contributed by atoms with E-state index in [0.717, 1.165) is 4.47 Å². The second kappa shape index (κ2) is 5.38. The fourth-order valence-corrected chi connectivity index (χ4v) is 1.77. The predicted molar refractivity (Wildman–Crippen MR) is 67.4 cm³/mol. The molecule has 2 aromatic rings. The van der Waals surface area contributed by atoms with Gasteiger partial charge in [-0.2, -0.15) is 0 Å². The molecule has 1 heterocycles. The highest BCUT2D eigenvalue weighted by molar-refractivity contribution is 9.10. The summed E-state index contributed by atoms with van der Waals surface area (Å²) in [6, 6.07) is 10.7. The minimum absolute atomic E-state index is 0.123. The summed E-state index contributed by atoms with van der Waals surface area (Å²) in [5.74, 6) is 1.38. The largest absolute Gasteiger partial charge is 0.484 e. The summed E-state index contributed by atoms with van der Waals surface area (Å²) in [6.07, 6.45) is 0. The van der Waals surface area contributed by atoms with Crippen LogP contribution in [0.4, 0.5) is 0 Å². The number of hydrogen-bond acceptors (Lipinski definition) is 3. The zero-order valence-electron chi connectivity index (χ0n) is 8.65. The molecule has 0 N–H and O–H groups in total. The van der Waals surface area contributed by atoms with Crippen LogP contribution in [0.3, 0.4) is 0 Å². The molecule has 1 aromatic carbocycles. The van der Waals surface area contributed by atoms with Crippen molar-refractivity contribution in [3.63, 3.8) is 0 Å². The van der Waals surface area contributed by atoms with Crippen molar-refractivity contribution in [1.82, 2.24) is 0 Å². The molecule has 0 aliphatic carbocycles. The van der Waals surface area contributed by atoms with E-state index in [9.17, 15) is 4.79 Å². The van der Waals surface area contributed by atoms with Crippen LogP contribution < -0.4 is 4.74 Å². The van der Waals surface area contributed by atoms with Crippen molar-refractivity contribution in [3.05, 3.63) is 52.4 Å². The van der Waals surface area contributed by atoms with E-state index in [4.69, 9.17) is 20.8 Å². The highest BCUT2D eigenvalue weighted by atomic mass is 79.9. The molecule has 0 aliphatic rings. The number of ether oxygens (including phenoxy) is 1. The molecule has 88 valence electrons.